The van der Waals surface area contributed by atoms with E-state index in [0.717, 1.165) is 32.1 Å². The number of rotatable bonds is 6. The van der Waals surface area contributed by atoms with Crippen LogP contribution in [-0.2, 0) is 0 Å². The van der Waals surface area contributed by atoms with Gasteiger partial charge in [-0.25, -0.2) is 0 Å². The number of allylic oxidation sites excluding steroid dienone is 7. The van der Waals surface area contributed by atoms with Crippen molar-refractivity contribution in [3.63, 3.8) is 0 Å². The minimum absolute atomic E-state index is 0.405. The van der Waals surface area contributed by atoms with Crippen molar-refractivity contribution in [2.75, 3.05) is 0 Å². The Labute approximate surface area is 218 Å². The van der Waals surface area contributed by atoms with Crippen LogP contribution in [0.2, 0.25) is 4.82 Å². The van der Waals surface area contributed by atoms with Gasteiger partial charge in [0.1, 0.15) is 0 Å². The van der Waals surface area contributed by atoms with E-state index in [0.29, 0.717) is 25.8 Å². The molecule has 180 valence electrons. The number of benzene rings is 2. The molecule has 2 unspecified atom stereocenters. The first-order chi connectivity index (χ1) is 17.4. The molecule has 0 fully saturated rings. The van der Waals surface area contributed by atoms with Gasteiger partial charge in [0, 0.05) is 0 Å². The van der Waals surface area contributed by atoms with E-state index in [1.165, 1.54) is 59.0 Å². The molecule has 0 saturated carbocycles. The summed E-state index contributed by atoms with van der Waals surface area (Å²) in [5.74, 6) is 0. The Morgan fingerprint density at radius 2 is 1.34 bits per heavy atom. The van der Waals surface area contributed by atoms with E-state index in [-0.39, 0.29) is 0 Å². The Morgan fingerprint density at radius 3 is 2.14 bits per heavy atom. The Morgan fingerprint density at radius 1 is 0.657 bits per heavy atom. The second-order valence-electron chi connectivity index (χ2n) is 9.79. The maximum absolute atomic E-state index is 5.40. The third kappa shape index (κ3) is 6.63. The number of hydrogen-bond acceptors (Lipinski definition) is 1. The van der Waals surface area contributed by atoms with Crippen molar-refractivity contribution in [1.82, 2.24) is 0 Å². The summed E-state index contributed by atoms with van der Waals surface area (Å²) in [6.45, 7) is 0. The van der Waals surface area contributed by atoms with Gasteiger partial charge in [0.2, 0.25) is 0 Å². The van der Waals surface area contributed by atoms with Gasteiger partial charge in [-0.15, -0.1) is 0 Å². The van der Waals surface area contributed by atoms with Crippen LogP contribution < -0.4 is 4.46 Å². The normalized spacial score (nSPS) is 21.7. The maximum atomic E-state index is 5.40. The van der Waals surface area contributed by atoms with Gasteiger partial charge in [-0.1, -0.05) is 6.08 Å². The molecule has 2 aliphatic carbocycles. The van der Waals surface area contributed by atoms with E-state index in [2.05, 4.69) is 91.1 Å². The van der Waals surface area contributed by atoms with E-state index >= 15 is 0 Å². The first-order valence-electron chi connectivity index (χ1n) is 13.4. The van der Waals surface area contributed by atoms with Crippen molar-refractivity contribution in [2.24, 2.45) is 4.99 Å². The van der Waals surface area contributed by atoms with Crippen LogP contribution in [0.5, 0.6) is 0 Å². The average molecular weight is 527 g/mol. The molecule has 2 atom stereocenters. The summed E-state index contributed by atoms with van der Waals surface area (Å²) in [6, 6.07) is 20.9. The molecule has 2 aromatic carbocycles. The van der Waals surface area contributed by atoms with E-state index in [9.17, 15) is 0 Å². The zero-order valence-corrected chi connectivity index (χ0v) is 22.5. The van der Waals surface area contributed by atoms with Gasteiger partial charge >= 0.3 is 212 Å². The summed E-state index contributed by atoms with van der Waals surface area (Å²) in [5.41, 5.74) is 7.19. The molecule has 1 heterocycles. The second-order valence-corrected chi connectivity index (χ2v) is 12.3. The predicted molar refractivity (Wildman–Crippen MR) is 153 cm³/mol. The molecular weight excluding hydrogens is 489 g/mol. The number of nitrogens with zero attached hydrogens (tertiary/aromatic N) is 1. The first-order valence-corrected chi connectivity index (χ1v) is 15.3. The van der Waals surface area contributed by atoms with Gasteiger partial charge in [0.25, 0.3) is 0 Å². The van der Waals surface area contributed by atoms with Crippen molar-refractivity contribution < 1.29 is 0 Å². The molecule has 0 radical (unpaired) electrons. The van der Waals surface area contributed by atoms with E-state index in [1.54, 1.807) is 5.57 Å². The molecule has 5 rings (SSSR count). The molecule has 2 heteroatoms. The Hall–Kier alpha value is -2.41. The third-order valence-electron chi connectivity index (χ3n) is 7.29. The molecule has 1 nitrogen and oxygen atoms in total. The zero-order valence-electron chi connectivity index (χ0n) is 20.7. The minimum atomic E-state index is 0.405. The van der Waals surface area contributed by atoms with Crippen LogP contribution >= 0.6 is 0 Å². The summed E-state index contributed by atoms with van der Waals surface area (Å²) < 4.78 is 1.50. The molecule has 0 N–H and O–H groups in total. The molecule has 0 amide bonds. The SMILES string of the molecule is C1=CCCC(c2ccc(C3=NC(C([Se]c4ccccc4)C4=CCCC=CCC4)CC3)cc2)=CCC1. The predicted octanol–water partition coefficient (Wildman–Crippen LogP) is 8.03. The molecule has 3 aliphatic rings. The first kappa shape index (κ1) is 24.3. The van der Waals surface area contributed by atoms with Crippen LogP contribution in [0, 0.1) is 0 Å². The van der Waals surface area contributed by atoms with Gasteiger partial charge in [-0.3, -0.25) is 0 Å². The molecular formula is C33H37NSe. The van der Waals surface area contributed by atoms with E-state index in [1.807, 2.05) is 0 Å². The molecule has 0 aromatic heterocycles. The molecule has 0 spiro atoms. The quantitative estimate of drug-likeness (QED) is 0.267. The Kier molecular flexibility index (Phi) is 8.69. The van der Waals surface area contributed by atoms with Crippen LogP contribution in [0.25, 0.3) is 5.57 Å². The fourth-order valence-electron chi connectivity index (χ4n) is 5.38. The van der Waals surface area contributed by atoms with Crippen molar-refractivity contribution in [3.8, 4) is 0 Å². The Bertz CT molecular complexity index is 1120. The number of aliphatic imine (C=N–C) groups is 1. The fourth-order valence-corrected chi connectivity index (χ4v) is 8.16. The van der Waals surface area contributed by atoms with Crippen LogP contribution in [0.15, 0.2) is 102 Å². The van der Waals surface area contributed by atoms with Gasteiger partial charge in [0.15, 0.2) is 0 Å². The van der Waals surface area contributed by atoms with Crippen LogP contribution in [-0.4, -0.2) is 26.7 Å². The van der Waals surface area contributed by atoms with E-state index < -0.39 is 0 Å². The molecule has 1 aliphatic heterocycles. The van der Waals surface area contributed by atoms with Gasteiger partial charge in [-0.05, 0) is 0 Å². The van der Waals surface area contributed by atoms with Crippen LogP contribution in [0.4, 0.5) is 0 Å². The summed E-state index contributed by atoms with van der Waals surface area (Å²) in [5, 5.41) is 0. The molecule has 2 aromatic rings. The van der Waals surface area contributed by atoms with Crippen molar-refractivity contribution in [2.45, 2.75) is 75.1 Å². The standard InChI is InChI=1S/C33H37NSe/c1-3-8-14-26(15-9-4-1)27-20-22-28(23-21-27)31-24-25-32(34-31)33(35-30-18-12-7-13-19-30)29-16-10-5-2-6-11-17-29/h1-3,5,7,12-13,15,17-23,32-33H,4,6,8-11,14,16,24-25H2. The topological polar surface area (TPSA) is 12.4 Å². The van der Waals surface area contributed by atoms with Gasteiger partial charge < -0.3 is 0 Å². The molecule has 0 saturated heterocycles. The Balaban J connectivity index is 1.35. The van der Waals surface area contributed by atoms with Crippen LogP contribution in [0.1, 0.15) is 75.3 Å². The molecule has 0 bridgehead atoms. The van der Waals surface area contributed by atoms with E-state index in [4.69, 9.17) is 4.99 Å². The van der Waals surface area contributed by atoms with Gasteiger partial charge in [0.05, 0.1) is 0 Å². The van der Waals surface area contributed by atoms with Crippen molar-refractivity contribution >= 4 is 30.7 Å². The third-order valence-corrected chi connectivity index (χ3v) is 10.3. The van der Waals surface area contributed by atoms with Crippen LogP contribution in [0.3, 0.4) is 0 Å². The second kappa shape index (κ2) is 12.5. The van der Waals surface area contributed by atoms with Gasteiger partial charge in [-0.2, -0.15) is 0 Å². The summed E-state index contributed by atoms with van der Waals surface area (Å²) >= 11 is 0.405. The molecule has 35 heavy (non-hydrogen) atoms. The zero-order chi connectivity index (χ0) is 23.7. The van der Waals surface area contributed by atoms with Crippen molar-refractivity contribution in [3.05, 3.63) is 108 Å². The fraction of sp³-hybridized carbons (Fsp3) is 0.364. The summed E-state index contributed by atoms with van der Waals surface area (Å²) in [4.78, 5) is 5.97. The summed E-state index contributed by atoms with van der Waals surface area (Å²) in [7, 11) is 0. The average Bonchev–Trinajstić information content (AvgIpc) is 3.34. The van der Waals surface area contributed by atoms with Crippen molar-refractivity contribution in [1.29, 1.82) is 0 Å². The summed E-state index contributed by atoms with van der Waals surface area (Å²) in [6.07, 6.45) is 26.0. The number of hydrogen-bond donors (Lipinski definition) is 0. The monoisotopic (exact) mass is 527 g/mol.